The third-order valence-corrected chi connectivity index (χ3v) is 4.98. The van der Waals surface area contributed by atoms with Gasteiger partial charge in [-0.2, -0.15) is 0 Å². The molecule has 2 atom stereocenters. The molecule has 1 amide bonds. The van der Waals surface area contributed by atoms with Crippen LogP contribution in [-0.4, -0.2) is 81.6 Å². The molecule has 7 heteroatoms. The number of hydrogen-bond donors (Lipinski definition) is 3. The number of benzene rings is 1. The van der Waals surface area contributed by atoms with Crippen molar-refractivity contribution in [2.75, 3.05) is 32.8 Å². The third kappa shape index (κ3) is 4.92. The minimum atomic E-state index is -1.43. The van der Waals surface area contributed by atoms with Gasteiger partial charge in [0.25, 0.3) is 5.91 Å². The van der Waals surface area contributed by atoms with Crippen LogP contribution in [0.5, 0.6) is 0 Å². The van der Waals surface area contributed by atoms with Crippen molar-refractivity contribution in [2.45, 2.75) is 38.0 Å². The Bertz CT molecular complexity index is 581. The standard InChI is InChI=1S/C18H27ClN2O4/c1-13(2)20(9-10-22)11-18(25)12-21(8-7-16(18)23)17(24)14-3-5-15(19)6-4-14/h3-6,13,16,22-23,25H,7-12H2,1-2H3/t16-,18+/m0/s1. The van der Waals surface area contributed by atoms with Crippen LogP contribution in [0.3, 0.4) is 0 Å². The first-order chi connectivity index (χ1) is 11.8. The maximum atomic E-state index is 12.7. The van der Waals surface area contributed by atoms with E-state index in [-0.39, 0.29) is 31.6 Å². The molecule has 0 saturated carbocycles. The Morgan fingerprint density at radius 3 is 2.60 bits per heavy atom. The molecule has 1 aliphatic heterocycles. The topological polar surface area (TPSA) is 84.2 Å². The number of nitrogens with zero attached hydrogens (tertiary/aromatic N) is 2. The van der Waals surface area contributed by atoms with E-state index in [2.05, 4.69) is 0 Å². The van der Waals surface area contributed by atoms with Gasteiger partial charge in [0.1, 0.15) is 5.60 Å². The highest BCUT2D eigenvalue weighted by molar-refractivity contribution is 6.30. The Labute approximate surface area is 153 Å². The van der Waals surface area contributed by atoms with Gasteiger partial charge in [-0.1, -0.05) is 11.6 Å². The fourth-order valence-corrected chi connectivity index (χ4v) is 3.29. The van der Waals surface area contributed by atoms with Crippen molar-refractivity contribution >= 4 is 17.5 Å². The molecule has 0 radical (unpaired) electrons. The Morgan fingerprint density at radius 2 is 2.04 bits per heavy atom. The molecular weight excluding hydrogens is 344 g/mol. The van der Waals surface area contributed by atoms with E-state index in [1.165, 1.54) is 0 Å². The molecule has 25 heavy (non-hydrogen) atoms. The molecule has 6 nitrogen and oxygen atoms in total. The van der Waals surface area contributed by atoms with Crippen LogP contribution in [0, 0.1) is 0 Å². The maximum absolute atomic E-state index is 12.7. The number of piperidine rings is 1. The molecule has 1 aromatic carbocycles. The number of aliphatic hydroxyl groups is 3. The van der Waals surface area contributed by atoms with Gasteiger partial charge in [0.05, 0.1) is 19.3 Å². The van der Waals surface area contributed by atoms with E-state index in [1.54, 1.807) is 29.2 Å². The summed E-state index contributed by atoms with van der Waals surface area (Å²) in [4.78, 5) is 16.2. The smallest absolute Gasteiger partial charge is 0.253 e. The molecule has 1 saturated heterocycles. The summed E-state index contributed by atoms with van der Waals surface area (Å²) < 4.78 is 0. The quantitative estimate of drug-likeness (QED) is 0.695. The van der Waals surface area contributed by atoms with Crippen molar-refractivity contribution in [1.82, 2.24) is 9.80 Å². The highest BCUT2D eigenvalue weighted by Gasteiger charge is 2.44. The minimum absolute atomic E-state index is 0.0300. The molecule has 1 heterocycles. The number of carbonyl (C=O) groups is 1. The largest absolute Gasteiger partial charge is 0.395 e. The van der Waals surface area contributed by atoms with Gasteiger partial charge in [-0.05, 0) is 44.5 Å². The van der Waals surface area contributed by atoms with Gasteiger partial charge < -0.3 is 20.2 Å². The van der Waals surface area contributed by atoms with Gasteiger partial charge in [-0.25, -0.2) is 0 Å². The van der Waals surface area contributed by atoms with E-state index in [0.717, 1.165) is 0 Å². The predicted molar refractivity (Wildman–Crippen MR) is 96.7 cm³/mol. The molecule has 0 aliphatic carbocycles. The maximum Gasteiger partial charge on any atom is 0.253 e. The number of hydrogen-bond acceptors (Lipinski definition) is 5. The van der Waals surface area contributed by atoms with Crippen molar-refractivity contribution in [3.05, 3.63) is 34.9 Å². The Balaban J connectivity index is 2.13. The van der Waals surface area contributed by atoms with Crippen LogP contribution in [0.25, 0.3) is 0 Å². The van der Waals surface area contributed by atoms with E-state index < -0.39 is 11.7 Å². The summed E-state index contributed by atoms with van der Waals surface area (Å²) in [5, 5.41) is 31.1. The first-order valence-corrected chi connectivity index (χ1v) is 8.95. The Hall–Kier alpha value is -1.18. The van der Waals surface area contributed by atoms with E-state index in [1.807, 2.05) is 18.7 Å². The van der Waals surface area contributed by atoms with Crippen molar-refractivity contribution in [2.24, 2.45) is 0 Å². The molecule has 0 unspecified atom stereocenters. The van der Waals surface area contributed by atoms with Crippen LogP contribution in [0.1, 0.15) is 30.6 Å². The summed E-state index contributed by atoms with van der Waals surface area (Å²) in [5.74, 6) is -0.194. The van der Waals surface area contributed by atoms with Gasteiger partial charge in [-0.3, -0.25) is 9.69 Å². The summed E-state index contributed by atoms with van der Waals surface area (Å²) >= 11 is 5.86. The highest BCUT2D eigenvalue weighted by Crippen LogP contribution is 2.25. The van der Waals surface area contributed by atoms with Gasteiger partial charge >= 0.3 is 0 Å². The molecule has 0 aromatic heterocycles. The van der Waals surface area contributed by atoms with Gasteiger partial charge in [-0.15, -0.1) is 0 Å². The second-order valence-electron chi connectivity index (χ2n) is 6.93. The van der Waals surface area contributed by atoms with Crippen molar-refractivity contribution < 1.29 is 20.1 Å². The normalized spacial score (nSPS) is 24.2. The molecular formula is C18H27ClN2O4. The van der Waals surface area contributed by atoms with Crippen LogP contribution in [0.2, 0.25) is 5.02 Å². The van der Waals surface area contributed by atoms with Gasteiger partial charge in [0, 0.05) is 36.3 Å². The highest BCUT2D eigenvalue weighted by atomic mass is 35.5. The average Bonchev–Trinajstić information content (AvgIpc) is 2.57. The number of rotatable bonds is 6. The lowest BCUT2D eigenvalue weighted by Crippen LogP contribution is -2.63. The summed E-state index contributed by atoms with van der Waals surface area (Å²) in [6, 6.07) is 6.72. The van der Waals surface area contributed by atoms with Crippen molar-refractivity contribution in [3.8, 4) is 0 Å². The van der Waals surface area contributed by atoms with Crippen LogP contribution in [-0.2, 0) is 0 Å². The summed E-state index contributed by atoms with van der Waals surface area (Å²) in [7, 11) is 0. The lowest BCUT2D eigenvalue weighted by Gasteiger charge is -2.45. The number of β-amino-alcohol motifs (C(OH)–C–C–N with tert-alkyl or cyclic N) is 1. The monoisotopic (exact) mass is 370 g/mol. The third-order valence-electron chi connectivity index (χ3n) is 4.73. The first-order valence-electron chi connectivity index (χ1n) is 8.57. The number of amides is 1. The van der Waals surface area contributed by atoms with Crippen molar-refractivity contribution in [1.29, 1.82) is 0 Å². The molecule has 140 valence electrons. The van der Waals surface area contributed by atoms with E-state index in [9.17, 15) is 20.1 Å². The SMILES string of the molecule is CC(C)N(CCO)C[C@@]1(O)CN(C(=O)c2ccc(Cl)cc2)CC[C@@H]1O. The van der Waals surface area contributed by atoms with Crippen LogP contribution < -0.4 is 0 Å². The van der Waals surface area contributed by atoms with E-state index in [0.29, 0.717) is 30.1 Å². The number of carbonyl (C=O) groups excluding carboxylic acids is 1. The zero-order valence-electron chi connectivity index (χ0n) is 14.7. The number of aliphatic hydroxyl groups excluding tert-OH is 2. The zero-order valence-corrected chi connectivity index (χ0v) is 15.5. The van der Waals surface area contributed by atoms with E-state index in [4.69, 9.17) is 11.6 Å². The van der Waals surface area contributed by atoms with Crippen LogP contribution in [0.4, 0.5) is 0 Å². The first kappa shape index (κ1) is 20.1. The molecule has 1 fully saturated rings. The molecule has 1 aliphatic rings. The van der Waals surface area contributed by atoms with Gasteiger partial charge in [0.2, 0.25) is 0 Å². The molecule has 2 rings (SSSR count). The Morgan fingerprint density at radius 1 is 1.40 bits per heavy atom. The summed E-state index contributed by atoms with van der Waals surface area (Å²) in [6.07, 6.45) is -0.609. The summed E-state index contributed by atoms with van der Waals surface area (Å²) in [6.45, 7) is 4.92. The lowest BCUT2D eigenvalue weighted by molar-refractivity contribution is -0.130. The minimum Gasteiger partial charge on any atom is -0.395 e. The second-order valence-corrected chi connectivity index (χ2v) is 7.37. The molecule has 1 aromatic rings. The summed E-state index contributed by atoms with van der Waals surface area (Å²) in [5.41, 5.74) is -0.932. The van der Waals surface area contributed by atoms with E-state index >= 15 is 0 Å². The second kappa shape index (κ2) is 8.47. The molecule has 0 spiro atoms. The molecule has 0 bridgehead atoms. The van der Waals surface area contributed by atoms with Crippen LogP contribution in [0.15, 0.2) is 24.3 Å². The molecule has 3 N–H and O–H groups in total. The fourth-order valence-electron chi connectivity index (χ4n) is 3.17. The lowest BCUT2D eigenvalue weighted by atomic mass is 9.88. The predicted octanol–water partition coefficient (Wildman–Crippen LogP) is 0.981. The van der Waals surface area contributed by atoms with Crippen LogP contribution >= 0.6 is 11.6 Å². The fraction of sp³-hybridized carbons (Fsp3) is 0.611. The van der Waals surface area contributed by atoms with Crippen molar-refractivity contribution in [3.63, 3.8) is 0 Å². The number of likely N-dealkylation sites (tertiary alicyclic amines) is 1. The zero-order chi connectivity index (χ0) is 18.6. The average molecular weight is 371 g/mol. The van der Waals surface area contributed by atoms with Gasteiger partial charge in [0.15, 0.2) is 0 Å². The number of halogens is 1. The Kier molecular flexibility index (Phi) is 6.82.